The molecule has 3 rings (SSSR count). The number of hydrogen-bond donors (Lipinski definition) is 2. The Kier molecular flexibility index (Phi) is 6.20. The molecular weight excluding hydrogens is 391 g/mol. The summed E-state index contributed by atoms with van der Waals surface area (Å²) in [4.78, 5) is 27.1. The Hall–Kier alpha value is -3.30. The first-order valence-corrected chi connectivity index (χ1v) is 8.76. The molecular formula is C19H18F3N3O4. The molecule has 2 amide bonds. The highest BCUT2D eigenvalue weighted by Gasteiger charge is 2.29. The van der Waals surface area contributed by atoms with Crippen LogP contribution in [0.2, 0.25) is 0 Å². The van der Waals surface area contributed by atoms with Crippen molar-refractivity contribution in [1.82, 2.24) is 10.3 Å². The van der Waals surface area contributed by atoms with Crippen LogP contribution in [0.15, 0.2) is 36.5 Å². The molecule has 0 atom stereocenters. The third kappa shape index (κ3) is 6.09. The molecule has 0 saturated heterocycles. The fraction of sp³-hybridized carbons (Fsp3) is 0.316. The lowest BCUT2D eigenvalue weighted by molar-refractivity contribution is -0.154. The fourth-order valence-corrected chi connectivity index (χ4v) is 2.68. The molecule has 7 nitrogen and oxygen atoms in total. The van der Waals surface area contributed by atoms with Gasteiger partial charge in [0, 0.05) is 30.4 Å². The second-order valence-electron chi connectivity index (χ2n) is 6.30. The van der Waals surface area contributed by atoms with Gasteiger partial charge in [0.2, 0.25) is 11.8 Å². The minimum atomic E-state index is -4.48. The van der Waals surface area contributed by atoms with E-state index in [0.29, 0.717) is 24.2 Å². The van der Waals surface area contributed by atoms with Crippen molar-refractivity contribution in [1.29, 1.82) is 0 Å². The Balaban J connectivity index is 1.50. The Morgan fingerprint density at radius 3 is 2.83 bits per heavy atom. The summed E-state index contributed by atoms with van der Waals surface area (Å²) < 4.78 is 47.1. The predicted molar refractivity (Wildman–Crippen MR) is 96.5 cm³/mol. The first kappa shape index (κ1) is 20.4. The fourth-order valence-electron chi connectivity index (χ4n) is 2.68. The van der Waals surface area contributed by atoms with Gasteiger partial charge in [-0.3, -0.25) is 9.59 Å². The summed E-state index contributed by atoms with van der Waals surface area (Å²) in [7, 11) is 0. The Morgan fingerprint density at radius 1 is 1.21 bits per heavy atom. The average Bonchev–Trinajstić information content (AvgIpc) is 2.69. The summed E-state index contributed by atoms with van der Waals surface area (Å²) in [5.74, 6) is -0.213. The molecule has 0 saturated carbocycles. The van der Waals surface area contributed by atoms with Gasteiger partial charge in [0.25, 0.3) is 5.91 Å². The van der Waals surface area contributed by atoms with E-state index in [1.807, 2.05) is 0 Å². The Morgan fingerprint density at radius 2 is 2.03 bits per heavy atom. The van der Waals surface area contributed by atoms with Crippen molar-refractivity contribution < 1.29 is 32.2 Å². The van der Waals surface area contributed by atoms with E-state index in [1.165, 1.54) is 18.3 Å². The van der Waals surface area contributed by atoms with Crippen LogP contribution in [0.3, 0.4) is 0 Å². The maximum atomic E-state index is 12.3. The lowest BCUT2D eigenvalue weighted by Crippen LogP contribution is -2.29. The maximum absolute atomic E-state index is 12.3. The molecule has 1 aromatic carbocycles. The van der Waals surface area contributed by atoms with Gasteiger partial charge < -0.3 is 20.1 Å². The van der Waals surface area contributed by atoms with E-state index in [4.69, 9.17) is 4.74 Å². The molecule has 2 aromatic rings. The van der Waals surface area contributed by atoms with Gasteiger partial charge in [-0.2, -0.15) is 13.2 Å². The van der Waals surface area contributed by atoms with Gasteiger partial charge in [-0.05, 0) is 36.2 Å². The third-order valence-corrected chi connectivity index (χ3v) is 4.04. The van der Waals surface area contributed by atoms with E-state index in [9.17, 15) is 22.8 Å². The number of pyridine rings is 1. The molecule has 2 heterocycles. The molecule has 0 unspecified atom stereocenters. The van der Waals surface area contributed by atoms with Crippen LogP contribution in [-0.2, 0) is 22.6 Å². The second-order valence-corrected chi connectivity index (χ2v) is 6.30. The van der Waals surface area contributed by atoms with Crippen molar-refractivity contribution in [2.45, 2.75) is 25.6 Å². The average molecular weight is 409 g/mol. The van der Waals surface area contributed by atoms with Crippen molar-refractivity contribution >= 4 is 17.5 Å². The number of alkyl halides is 3. The number of amides is 2. The first-order valence-electron chi connectivity index (χ1n) is 8.76. The molecule has 0 aliphatic carbocycles. The number of halogens is 3. The highest BCUT2D eigenvalue weighted by molar-refractivity contribution is 5.94. The van der Waals surface area contributed by atoms with Crippen LogP contribution in [-0.4, -0.2) is 36.2 Å². The minimum Gasteiger partial charge on any atom is -0.484 e. The molecule has 0 bridgehead atoms. The lowest BCUT2D eigenvalue weighted by Gasteiger charge is -2.17. The van der Waals surface area contributed by atoms with Gasteiger partial charge in [-0.15, -0.1) is 0 Å². The molecule has 0 radical (unpaired) electrons. The molecule has 1 aliphatic heterocycles. The number of aromatic nitrogens is 1. The van der Waals surface area contributed by atoms with Crippen molar-refractivity contribution in [3.05, 3.63) is 47.7 Å². The number of nitrogens with one attached hydrogen (secondary N) is 2. The SMILES string of the molecule is O=C(COc1ccc2c(c1)CCC(=O)N2)NCc1cccnc1OCC(F)(F)F. The summed E-state index contributed by atoms with van der Waals surface area (Å²) in [6.07, 6.45) is -2.20. The summed E-state index contributed by atoms with van der Waals surface area (Å²) in [5, 5.41) is 5.31. The van der Waals surface area contributed by atoms with Gasteiger partial charge in [0.15, 0.2) is 13.2 Å². The van der Waals surface area contributed by atoms with Crippen LogP contribution in [0.1, 0.15) is 17.5 Å². The number of anilines is 1. The summed E-state index contributed by atoms with van der Waals surface area (Å²) in [6.45, 7) is -1.80. The number of rotatable bonds is 7. The molecule has 0 fully saturated rings. The number of nitrogens with zero attached hydrogens (tertiary/aromatic N) is 1. The van der Waals surface area contributed by atoms with Crippen LogP contribution in [0.25, 0.3) is 0 Å². The van der Waals surface area contributed by atoms with Crippen LogP contribution in [0.4, 0.5) is 18.9 Å². The molecule has 2 N–H and O–H groups in total. The van der Waals surface area contributed by atoms with Crippen molar-refractivity contribution in [2.75, 3.05) is 18.5 Å². The zero-order chi connectivity index (χ0) is 20.9. The lowest BCUT2D eigenvalue weighted by atomic mass is 10.0. The molecule has 0 spiro atoms. The number of aryl methyl sites for hydroxylation is 1. The van der Waals surface area contributed by atoms with Crippen LogP contribution in [0, 0.1) is 0 Å². The predicted octanol–water partition coefficient (Wildman–Crippen LogP) is 2.60. The molecule has 1 aliphatic rings. The van der Waals surface area contributed by atoms with E-state index in [1.54, 1.807) is 18.2 Å². The highest BCUT2D eigenvalue weighted by Crippen LogP contribution is 2.26. The van der Waals surface area contributed by atoms with Gasteiger partial charge in [-0.1, -0.05) is 6.07 Å². The second kappa shape index (κ2) is 8.80. The van der Waals surface area contributed by atoms with Crippen molar-refractivity contribution in [3.8, 4) is 11.6 Å². The van der Waals surface area contributed by atoms with E-state index < -0.39 is 18.7 Å². The van der Waals surface area contributed by atoms with Crippen LogP contribution >= 0.6 is 0 Å². The summed E-state index contributed by atoms with van der Waals surface area (Å²) in [5.41, 5.74) is 1.96. The normalized spacial score (nSPS) is 13.3. The summed E-state index contributed by atoms with van der Waals surface area (Å²) in [6, 6.07) is 8.15. The number of hydrogen-bond acceptors (Lipinski definition) is 5. The molecule has 1 aromatic heterocycles. The number of ether oxygens (including phenoxy) is 2. The largest absolute Gasteiger partial charge is 0.484 e. The highest BCUT2D eigenvalue weighted by atomic mass is 19.4. The topological polar surface area (TPSA) is 89.6 Å². The standard InChI is InChI=1S/C19H18F3N3O4/c20-19(21,22)11-29-18-13(2-1-7-23-18)9-24-17(27)10-28-14-4-5-15-12(8-14)3-6-16(26)25-15/h1-2,4-5,7-8H,3,6,9-11H2,(H,24,27)(H,25,26). The number of fused-ring (bicyclic) bond motifs is 1. The van der Waals surface area contributed by atoms with Gasteiger partial charge in [-0.25, -0.2) is 4.98 Å². The minimum absolute atomic E-state index is 0.0421. The van der Waals surface area contributed by atoms with Crippen molar-refractivity contribution in [2.24, 2.45) is 0 Å². The zero-order valence-corrected chi connectivity index (χ0v) is 15.2. The number of benzene rings is 1. The Bertz CT molecular complexity index is 903. The van der Waals surface area contributed by atoms with E-state index >= 15 is 0 Å². The first-order chi connectivity index (χ1) is 13.8. The number of carbonyl (C=O) groups excluding carboxylic acids is 2. The molecule has 10 heteroatoms. The van der Waals surface area contributed by atoms with Gasteiger partial charge >= 0.3 is 6.18 Å². The van der Waals surface area contributed by atoms with E-state index in [-0.39, 0.29) is 24.9 Å². The maximum Gasteiger partial charge on any atom is 0.422 e. The van der Waals surface area contributed by atoms with E-state index in [2.05, 4.69) is 20.4 Å². The third-order valence-electron chi connectivity index (χ3n) is 4.04. The number of carbonyl (C=O) groups is 2. The summed E-state index contributed by atoms with van der Waals surface area (Å²) >= 11 is 0. The molecule has 29 heavy (non-hydrogen) atoms. The molecule has 154 valence electrons. The quantitative estimate of drug-likeness (QED) is 0.734. The Labute approximate surface area is 164 Å². The van der Waals surface area contributed by atoms with Crippen molar-refractivity contribution in [3.63, 3.8) is 0 Å². The zero-order valence-electron chi connectivity index (χ0n) is 15.2. The van der Waals surface area contributed by atoms with Gasteiger partial charge in [0.1, 0.15) is 5.75 Å². The monoisotopic (exact) mass is 409 g/mol. The smallest absolute Gasteiger partial charge is 0.422 e. The van der Waals surface area contributed by atoms with Gasteiger partial charge in [0.05, 0.1) is 0 Å². The van der Waals surface area contributed by atoms with E-state index in [0.717, 1.165) is 11.3 Å². The van der Waals surface area contributed by atoms with Crippen LogP contribution in [0.5, 0.6) is 11.6 Å². The van der Waals surface area contributed by atoms with Crippen LogP contribution < -0.4 is 20.1 Å².